The monoisotopic (exact) mass is 320 g/mol. The van der Waals surface area contributed by atoms with Gasteiger partial charge in [-0.15, -0.1) is 6.92 Å². The first-order chi connectivity index (χ1) is 7.58. The Labute approximate surface area is 133 Å². The van der Waals surface area contributed by atoms with Crippen molar-refractivity contribution in [1.82, 2.24) is 0 Å². The normalized spacial score (nSPS) is 16.1. The van der Waals surface area contributed by atoms with Gasteiger partial charge < -0.3 is 0 Å². The average molecular weight is 322 g/mol. The van der Waals surface area contributed by atoms with Crippen molar-refractivity contribution >= 4 is 0 Å². The Bertz CT molecular complexity index is 386. The first-order valence-electron chi connectivity index (χ1n) is 6.12. The third-order valence-corrected chi connectivity index (χ3v) is 3.08. The van der Waals surface area contributed by atoms with Crippen LogP contribution < -0.4 is 0 Å². The summed E-state index contributed by atoms with van der Waals surface area (Å²) < 4.78 is 0. The zero-order valence-corrected chi connectivity index (χ0v) is 15.6. The van der Waals surface area contributed by atoms with E-state index in [1.54, 1.807) is 0 Å². The van der Waals surface area contributed by atoms with Crippen molar-refractivity contribution in [3.05, 3.63) is 46.6 Å². The fourth-order valence-corrected chi connectivity index (χ4v) is 1.86. The second-order valence-corrected chi connectivity index (χ2v) is 5.59. The van der Waals surface area contributed by atoms with Crippen molar-refractivity contribution in [3.8, 4) is 0 Å². The zero-order chi connectivity index (χ0) is 13.8. The number of hydrogen-bond acceptors (Lipinski definition) is 0. The van der Waals surface area contributed by atoms with Crippen LogP contribution in [0.3, 0.4) is 0 Å². The Balaban J connectivity index is 0. The van der Waals surface area contributed by atoms with Gasteiger partial charge in [0.05, 0.1) is 0 Å². The van der Waals surface area contributed by atoms with Gasteiger partial charge in [0.25, 0.3) is 0 Å². The van der Waals surface area contributed by atoms with Crippen molar-refractivity contribution in [2.45, 2.75) is 55.4 Å². The molecule has 0 unspecified atom stereocenters. The second-order valence-electron chi connectivity index (χ2n) is 5.59. The molecule has 98 valence electrons. The zero-order valence-electron chi connectivity index (χ0n) is 13.2. The quantitative estimate of drug-likeness (QED) is 0.445. The maximum Gasteiger partial charge on any atom is 2.00 e. The van der Waals surface area contributed by atoms with Gasteiger partial charge in [0.15, 0.2) is 0 Å². The molecule has 0 aromatic carbocycles. The van der Waals surface area contributed by atoms with Gasteiger partial charge in [-0.1, -0.05) is 53.9 Å². The van der Waals surface area contributed by atoms with Gasteiger partial charge in [-0.2, -0.15) is 16.7 Å². The van der Waals surface area contributed by atoms with E-state index < -0.39 is 0 Å². The van der Waals surface area contributed by atoms with Gasteiger partial charge in [0, 0.05) is 0 Å². The largest absolute Gasteiger partial charge is 2.00 e. The van der Waals surface area contributed by atoms with E-state index in [1.807, 2.05) is 26.8 Å². The molecule has 0 aromatic rings. The summed E-state index contributed by atoms with van der Waals surface area (Å²) in [5.74, 6) is 0. The van der Waals surface area contributed by atoms with Crippen LogP contribution in [0.15, 0.2) is 33.9 Å². The molecule has 1 heteroatoms. The van der Waals surface area contributed by atoms with Crippen LogP contribution in [0.25, 0.3) is 0 Å². The van der Waals surface area contributed by atoms with E-state index in [-0.39, 0.29) is 31.6 Å². The maximum absolute atomic E-state index is 5.33. The van der Waals surface area contributed by atoms with Crippen molar-refractivity contribution in [2.24, 2.45) is 5.41 Å². The molecule has 0 N–H and O–H groups in total. The Hall–Kier alpha value is -0.157. The van der Waals surface area contributed by atoms with E-state index in [1.165, 1.54) is 22.3 Å². The summed E-state index contributed by atoms with van der Waals surface area (Å²) in [6.07, 6.45) is 5.38. The molecule has 0 saturated carbocycles. The maximum atomic E-state index is 5.33. The van der Waals surface area contributed by atoms with Crippen LogP contribution in [0.2, 0.25) is 0 Å². The van der Waals surface area contributed by atoms with Crippen LogP contribution in [-0.2, 0) is 26.2 Å². The van der Waals surface area contributed by atoms with E-state index in [9.17, 15) is 0 Å². The Morgan fingerprint density at radius 3 is 1.61 bits per heavy atom. The minimum Gasteiger partial charge on any atom is -0.290 e. The summed E-state index contributed by atoms with van der Waals surface area (Å²) in [6, 6.07) is 0. The molecule has 0 atom stereocenters. The molecule has 1 rings (SSSR count). The van der Waals surface area contributed by atoms with Gasteiger partial charge >= 0.3 is 26.2 Å². The molecule has 0 heterocycles. The van der Waals surface area contributed by atoms with E-state index in [0.717, 1.165) is 5.57 Å². The molecule has 0 nitrogen and oxygen atoms in total. The van der Waals surface area contributed by atoms with Gasteiger partial charge in [-0.25, -0.2) is 17.2 Å². The van der Waals surface area contributed by atoms with Crippen LogP contribution in [0.1, 0.15) is 55.4 Å². The summed E-state index contributed by atoms with van der Waals surface area (Å²) in [7, 11) is 0. The third kappa shape index (κ3) is 6.69. The molecule has 0 bridgehead atoms. The Morgan fingerprint density at radius 1 is 1.11 bits per heavy atom. The SMILES string of the molecule is CC1=[C-]C(C)(C)C(C)=C1C.[CH-]=C(C)C=C(C)C.[Zr+2]. The van der Waals surface area contributed by atoms with Crippen LogP contribution in [0.4, 0.5) is 0 Å². The molecule has 18 heavy (non-hydrogen) atoms. The fraction of sp³-hybridized carbons (Fsp3) is 0.529. The second kappa shape index (κ2) is 8.10. The first kappa shape index (κ1) is 20.2. The molecular formula is C17H26Zr. The smallest absolute Gasteiger partial charge is 0.290 e. The molecular weight excluding hydrogens is 295 g/mol. The molecule has 0 amide bonds. The van der Waals surface area contributed by atoms with Gasteiger partial charge in [-0.05, 0) is 0 Å². The molecule has 0 spiro atoms. The van der Waals surface area contributed by atoms with Crippen LogP contribution in [0.5, 0.6) is 0 Å². The first-order valence-corrected chi connectivity index (χ1v) is 6.12. The number of hydrogen-bond donors (Lipinski definition) is 0. The minimum absolute atomic E-state index is 0. The third-order valence-electron chi connectivity index (χ3n) is 3.08. The van der Waals surface area contributed by atoms with Crippen molar-refractivity contribution in [1.29, 1.82) is 0 Å². The summed E-state index contributed by atoms with van der Waals surface area (Å²) in [5.41, 5.74) is 6.52. The van der Waals surface area contributed by atoms with Gasteiger partial charge in [0.2, 0.25) is 0 Å². The fourth-order valence-electron chi connectivity index (χ4n) is 1.86. The number of allylic oxidation sites excluding steroid dienone is 7. The molecule has 1 aliphatic carbocycles. The summed E-state index contributed by atoms with van der Waals surface area (Å²) in [4.78, 5) is 0. The van der Waals surface area contributed by atoms with Gasteiger partial charge in [0.1, 0.15) is 0 Å². The molecule has 0 aliphatic heterocycles. The summed E-state index contributed by atoms with van der Waals surface area (Å²) >= 11 is 0. The average Bonchev–Trinajstić information content (AvgIpc) is 2.28. The summed E-state index contributed by atoms with van der Waals surface area (Å²) in [5, 5.41) is 0. The van der Waals surface area contributed by atoms with Crippen LogP contribution >= 0.6 is 0 Å². The standard InChI is InChI=1S/C10H15.C7H11.Zr/c1-7-6-10(4,5)9(3)8(7)2;1-6(2)5-7(3)4;/h1-5H3;1,5H,2-4H3;/q2*-1;+2. The summed E-state index contributed by atoms with van der Waals surface area (Å²) in [6.45, 7) is 22.2. The topological polar surface area (TPSA) is 0 Å². The molecule has 0 radical (unpaired) electrons. The Kier molecular flexibility index (Phi) is 9.08. The van der Waals surface area contributed by atoms with E-state index in [4.69, 9.17) is 6.58 Å². The molecule has 1 aliphatic rings. The number of rotatable bonds is 1. The van der Waals surface area contributed by atoms with Crippen LogP contribution in [-0.4, -0.2) is 0 Å². The molecule has 0 saturated heterocycles. The van der Waals surface area contributed by atoms with Crippen molar-refractivity contribution in [2.75, 3.05) is 0 Å². The van der Waals surface area contributed by atoms with Crippen LogP contribution in [0, 0.1) is 18.1 Å². The predicted molar refractivity (Wildman–Crippen MR) is 77.5 cm³/mol. The minimum atomic E-state index is 0. The van der Waals surface area contributed by atoms with E-state index in [0.29, 0.717) is 0 Å². The van der Waals surface area contributed by atoms with Gasteiger partial charge in [-0.3, -0.25) is 12.7 Å². The Morgan fingerprint density at radius 2 is 1.56 bits per heavy atom. The van der Waals surface area contributed by atoms with E-state index >= 15 is 0 Å². The van der Waals surface area contributed by atoms with Crippen molar-refractivity contribution < 1.29 is 26.2 Å². The predicted octanol–water partition coefficient (Wildman–Crippen LogP) is 5.44. The molecule has 0 aromatic heterocycles. The van der Waals surface area contributed by atoms with E-state index in [2.05, 4.69) is 40.7 Å². The molecule has 0 fully saturated rings. The van der Waals surface area contributed by atoms with Crippen molar-refractivity contribution in [3.63, 3.8) is 0 Å².